The summed E-state index contributed by atoms with van der Waals surface area (Å²) in [6.45, 7) is 4.19. The Hall–Kier alpha value is -1.88. The summed E-state index contributed by atoms with van der Waals surface area (Å²) in [5.74, 6) is -0.724. The molecule has 1 N–H and O–H groups in total. The summed E-state index contributed by atoms with van der Waals surface area (Å²) < 4.78 is 17.1. The fourth-order valence-electron chi connectivity index (χ4n) is 1.87. The fourth-order valence-corrected chi connectivity index (χ4v) is 2.98. The smallest absolute Gasteiger partial charge is 0.372 e. The summed E-state index contributed by atoms with van der Waals surface area (Å²) in [5, 5.41) is 8.94. The lowest BCUT2D eigenvalue weighted by Crippen LogP contribution is -2.02. The van der Waals surface area contributed by atoms with E-state index in [0.29, 0.717) is 16.4 Å². The third-order valence-electron chi connectivity index (χ3n) is 3.04. The summed E-state index contributed by atoms with van der Waals surface area (Å²) in [6, 6.07) is 9.10. The van der Waals surface area contributed by atoms with Gasteiger partial charge in [0.15, 0.2) is 0 Å². The summed E-state index contributed by atoms with van der Waals surface area (Å²) in [7, 11) is -1.28. The first-order valence-electron chi connectivity index (χ1n) is 6.27. The molecular weight excluding hydrogens is 276 g/mol. The van der Waals surface area contributed by atoms with Crippen molar-refractivity contribution in [1.82, 2.24) is 0 Å². The largest absolute Gasteiger partial charge is 0.475 e. The lowest BCUT2D eigenvalue weighted by atomic mass is 10.0. The lowest BCUT2D eigenvalue weighted by Gasteiger charge is -2.06. The standard InChI is InChI=1S/C15H16O4S/c1-10(2)11-3-5-13(6-4-11)20(18)9-12-7-8-19-14(12)15(16)17/h3-8,10H,9H2,1-2H3,(H,16,17). The average molecular weight is 292 g/mol. The number of carbonyl (C=O) groups is 1. The Bertz CT molecular complexity index is 626. The Labute approximate surface area is 119 Å². The van der Waals surface area contributed by atoms with E-state index in [4.69, 9.17) is 9.52 Å². The monoisotopic (exact) mass is 292 g/mol. The molecule has 1 aromatic heterocycles. The molecule has 0 aliphatic carbocycles. The van der Waals surface area contributed by atoms with Gasteiger partial charge in [-0.25, -0.2) is 4.79 Å². The summed E-state index contributed by atoms with van der Waals surface area (Å²) >= 11 is 0. The molecule has 106 valence electrons. The molecule has 20 heavy (non-hydrogen) atoms. The van der Waals surface area contributed by atoms with Crippen LogP contribution in [-0.4, -0.2) is 15.3 Å². The zero-order valence-corrected chi connectivity index (χ0v) is 12.1. The van der Waals surface area contributed by atoms with Crippen LogP contribution in [0.3, 0.4) is 0 Å². The van der Waals surface area contributed by atoms with Gasteiger partial charge in [-0.2, -0.15) is 0 Å². The van der Waals surface area contributed by atoms with Gasteiger partial charge in [0.25, 0.3) is 0 Å². The van der Waals surface area contributed by atoms with Gasteiger partial charge in [-0.3, -0.25) is 4.21 Å². The molecule has 0 fully saturated rings. The Balaban J connectivity index is 2.15. The van der Waals surface area contributed by atoms with E-state index in [9.17, 15) is 9.00 Å². The quantitative estimate of drug-likeness (QED) is 0.917. The zero-order chi connectivity index (χ0) is 14.7. The van der Waals surface area contributed by atoms with Crippen LogP contribution in [0.1, 0.15) is 41.4 Å². The molecule has 0 aliphatic rings. The van der Waals surface area contributed by atoms with Crippen LogP contribution in [0.25, 0.3) is 0 Å². The molecule has 0 saturated heterocycles. The van der Waals surface area contributed by atoms with Crippen molar-refractivity contribution in [3.8, 4) is 0 Å². The maximum Gasteiger partial charge on any atom is 0.372 e. The van der Waals surface area contributed by atoms with Gasteiger partial charge in [0, 0.05) is 10.5 Å². The fraction of sp³-hybridized carbons (Fsp3) is 0.267. The minimum absolute atomic E-state index is 0.138. The second-order valence-electron chi connectivity index (χ2n) is 4.79. The minimum Gasteiger partial charge on any atom is -0.475 e. The van der Waals surface area contributed by atoms with Gasteiger partial charge in [0.1, 0.15) is 0 Å². The summed E-state index contributed by atoms with van der Waals surface area (Å²) in [6.07, 6.45) is 1.30. The van der Waals surface area contributed by atoms with E-state index in [0.717, 1.165) is 0 Å². The van der Waals surface area contributed by atoms with E-state index in [-0.39, 0.29) is 11.5 Å². The number of hydrogen-bond donors (Lipinski definition) is 1. The van der Waals surface area contributed by atoms with E-state index in [2.05, 4.69) is 13.8 Å². The molecule has 0 aliphatic heterocycles. The number of carboxylic acids is 1. The first-order chi connectivity index (χ1) is 9.49. The number of hydrogen-bond acceptors (Lipinski definition) is 3. The van der Waals surface area contributed by atoms with Crippen molar-refractivity contribution in [3.63, 3.8) is 0 Å². The molecule has 2 aromatic rings. The molecule has 1 atom stereocenters. The molecule has 0 radical (unpaired) electrons. The highest BCUT2D eigenvalue weighted by atomic mass is 32.2. The number of rotatable bonds is 5. The summed E-state index contributed by atoms with van der Waals surface area (Å²) in [5.41, 5.74) is 1.63. The van der Waals surface area contributed by atoms with Crippen LogP contribution in [-0.2, 0) is 16.6 Å². The minimum atomic E-state index is -1.28. The molecule has 0 saturated carbocycles. The Kier molecular flexibility index (Phi) is 4.39. The molecular formula is C15H16O4S. The van der Waals surface area contributed by atoms with E-state index in [1.807, 2.05) is 24.3 Å². The lowest BCUT2D eigenvalue weighted by molar-refractivity contribution is 0.0661. The topological polar surface area (TPSA) is 67.5 Å². The van der Waals surface area contributed by atoms with E-state index < -0.39 is 16.8 Å². The third kappa shape index (κ3) is 3.17. The molecule has 1 unspecified atom stereocenters. The van der Waals surface area contributed by atoms with Gasteiger partial charge in [0.2, 0.25) is 5.76 Å². The molecule has 4 nitrogen and oxygen atoms in total. The Morgan fingerprint density at radius 1 is 1.25 bits per heavy atom. The maximum atomic E-state index is 12.2. The first kappa shape index (κ1) is 14.5. The van der Waals surface area contributed by atoms with Crippen molar-refractivity contribution in [2.45, 2.75) is 30.4 Å². The van der Waals surface area contributed by atoms with Crippen molar-refractivity contribution in [2.24, 2.45) is 0 Å². The predicted molar refractivity (Wildman–Crippen MR) is 76.3 cm³/mol. The van der Waals surface area contributed by atoms with E-state index in [1.54, 1.807) is 6.07 Å². The van der Waals surface area contributed by atoms with E-state index >= 15 is 0 Å². The van der Waals surface area contributed by atoms with Crippen molar-refractivity contribution < 1.29 is 18.5 Å². The number of furan rings is 1. The first-order valence-corrected chi connectivity index (χ1v) is 7.59. The van der Waals surface area contributed by atoms with Crippen LogP contribution < -0.4 is 0 Å². The second kappa shape index (κ2) is 6.05. The van der Waals surface area contributed by atoms with Crippen LogP contribution in [0.15, 0.2) is 45.9 Å². The summed E-state index contributed by atoms with van der Waals surface area (Å²) in [4.78, 5) is 11.6. The highest BCUT2D eigenvalue weighted by molar-refractivity contribution is 7.84. The van der Waals surface area contributed by atoms with Gasteiger partial charge in [-0.15, -0.1) is 0 Å². The molecule has 1 heterocycles. The van der Waals surface area contributed by atoms with Crippen LogP contribution in [0.5, 0.6) is 0 Å². The van der Waals surface area contributed by atoms with Gasteiger partial charge >= 0.3 is 5.97 Å². The highest BCUT2D eigenvalue weighted by Gasteiger charge is 2.16. The molecule has 0 amide bonds. The molecule has 2 rings (SSSR count). The SMILES string of the molecule is CC(C)c1ccc(S(=O)Cc2ccoc2C(=O)O)cc1. The second-order valence-corrected chi connectivity index (χ2v) is 6.24. The van der Waals surface area contributed by atoms with Crippen LogP contribution in [0.4, 0.5) is 0 Å². The normalized spacial score (nSPS) is 12.6. The highest BCUT2D eigenvalue weighted by Crippen LogP contribution is 2.20. The number of benzene rings is 1. The van der Waals surface area contributed by atoms with Crippen LogP contribution >= 0.6 is 0 Å². The van der Waals surface area contributed by atoms with Crippen molar-refractivity contribution >= 4 is 16.8 Å². The average Bonchev–Trinajstić information content (AvgIpc) is 2.87. The molecule has 0 bridgehead atoms. The molecule has 5 heteroatoms. The van der Waals surface area contributed by atoms with Gasteiger partial charge in [-0.05, 0) is 29.7 Å². The molecule has 0 spiro atoms. The molecule has 1 aromatic carbocycles. The zero-order valence-electron chi connectivity index (χ0n) is 11.3. The van der Waals surface area contributed by atoms with Crippen LogP contribution in [0, 0.1) is 0 Å². The Morgan fingerprint density at radius 3 is 2.45 bits per heavy atom. The van der Waals surface area contributed by atoms with Crippen molar-refractivity contribution in [1.29, 1.82) is 0 Å². The van der Waals surface area contributed by atoms with Crippen molar-refractivity contribution in [3.05, 3.63) is 53.5 Å². The van der Waals surface area contributed by atoms with Gasteiger partial charge in [0.05, 0.1) is 22.8 Å². The Morgan fingerprint density at radius 2 is 1.90 bits per heavy atom. The maximum absolute atomic E-state index is 12.2. The van der Waals surface area contributed by atoms with Gasteiger partial charge < -0.3 is 9.52 Å². The third-order valence-corrected chi connectivity index (χ3v) is 4.41. The van der Waals surface area contributed by atoms with Crippen LogP contribution in [0.2, 0.25) is 0 Å². The predicted octanol–water partition coefficient (Wildman–Crippen LogP) is 3.41. The number of aromatic carboxylic acids is 1. The van der Waals surface area contributed by atoms with Gasteiger partial charge in [-0.1, -0.05) is 26.0 Å². The number of carboxylic acid groups (broad SMARTS) is 1. The van der Waals surface area contributed by atoms with Crippen molar-refractivity contribution in [2.75, 3.05) is 0 Å². The van der Waals surface area contributed by atoms with E-state index in [1.165, 1.54) is 11.8 Å².